The monoisotopic (exact) mass is 262 g/mol. The lowest BCUT2D eigenvalue weighted by molar-refractivity contribution is -0.121. The van der Waals surface area contributed by atoms with E-state index in [1.54, 1.807) is 0 Å². The number of amides is 1. The van der Waals surface area contributed by atoms with E-state index in [-0.39, 0.29) is 11.9 Å². The lowest BCUT2D eigenvalue weighted by Crippen LogP contribution is -2.43. The summed E-state index contributed by atoms with van der Waals surface area (Å²) < 4.78 is 5.40. The summed E-state index contributed by atoms with van der Waals surface area (Å²) in [6, 6.07) is 10.6. The molecule has 1 heterocycles. The molecular formula is C15H22N2O2. The van der Waals surface area contributed by atoms with Gasteiger partial charge in [-0.2, -0.15) is 0 Å². The Morgan fingerprint density at radius 3 is 2.63 bits per heavy atom. The summed E-state index contributed by atoms with van der Waals surface area (Å²) >= 11 is 0. The Morgan fingerprint density at radius 1 is 1.32 bits per heavy atom. The first-order valence-electron chi connectivity index (χ1n) is 6.94. The van der Waals surface area contributed by atoms with Gasteiger partial charge in [-0.25, -0.2) is 0 Å². The standard InChI is InChI=1S/C15H22N2O2/c1-2-15(18)16-12-14(13-6-4-3-5-7-13)17-8-10-19-11-9-17/h3-7,14H,2,8-12H2,1H3,(H,16,18). The van der Waals surface area contributed by atoms with Crippen LogP contribution in [0.2, 0.25) is 0 Å². The first-order chi connectivity index (χ1) is 9.31. The predicted molar refractivity (Wildman–Crippen MR) is 74.9 cm³/mol. The Hall–Kier alpha value is -1.39. The van der Waals surface area contributed by atoms with Crippen molar-refractivity contribution in [3.05, 3.63) is 35.9 Å². The number of nitrogens with zero attached hydrogens (tertiary/aromatic N) is 1. The van der Waals surface area contributed by atoms with Gasteiger partial charge in [-0.3, -0.25) is 9.69 Å². The number of benzene rings is 1. The highest BCUT2D eigenvalue weighted by Crippen LogP contribution is 2.20. The van der Waals surface area contributed by atoms with E-state index >= 15 is 0 Å². The number of carbonyl (C=O) groups excluding carboxylic acids is 1. The molecule has 1 aliphatic heterocycles. The predicted octanol–water partition coefficient (Wildman–Crippen LogP) is 1.59. The maximum Gasteiger partial charge on any atom is 0.219 e. The van der Waals surface area contributed by atoms with Crippen LogP contribution in [0, 0.1) is 0 Å². The quantitative estimate of drug-likeness (QED) is 0.876. The highest BCUT2D eigenvalue weighted by Gasteiger charge is 2.22. The van der Waals surface area contributed by atoms with Crippen LogP contribution in [-0.4, -0.2) is 43.7 Å². The van der Waals surface area contributed by atoms with Gasteiger partial charge in [-0.15, -0.1) is 0 Å². The zero-order valence-corrected chi connectivity index (χ0v) is 11.5. The molecule has 0 aromatic heterocycles. The Morgan fingerprint density at radius 2 is 2.00 bits per heavy atom. The highest BCUT2D eigenvalue weighted by molar-refractivity contribution is 5.75. The number of ether oxygens (including phenoxy) is 1. The summed E-state index contributed by atoms with van der Waals surface area (Å²) in [5.41, 5.74) is 1.25. The van der Waals surface area contributed by atoms with Crippen molar-refractivity contribution in [2.75, 3.05) is 32.8 Å². The molecule has 0 radical (unpaired) electrons. The molecule has 1 aliphatic rings. The molecule has 0 saturated carbocycles. The van der Waals surface area contributed by atoms with Gasteiger partial charge in [0.15, 0.2) is 0 Å². The SMILES string of the molecule is CCC(=O)NCC(c1ccccc1)N1CCOCC1. The van der Waals surface area contributed by atoms with Crippen molar-refractivity contribution in [1.29, 1.82) is 0 Å². The fraction of sp³-hybridized carbons (Fsp3) is 0.533. The zero-order chi connectivity index (χ0) is 13.5. The summed E-state index contributed by atoms with van der Waals surface area (Å²) in [4.78, 5) is 13.9. The first kappa shape index (κ1) is 14.0. The molecular weight excluding hydrogens is 240 g/mol. The van der Waals surface area contributed by atoms with Crippen LogP contribution in [0.3, 0.4) is 0 Å². The van der Waals surface area contributed by atoms with Gasteiger partial charge < -0.3 is 10.1 Å². The lowest BCUT2D eigenvalue weighted by Gasteiger charge is -2.34. The van der Waals surface area contributed by atoms with Gasteiger partial charge in [0.05, 0.1) is 19.3 Å². The summed E-state index contributed by atoms with van der Waals surface area (Å²) in [7, 11) is 0. The second-order valence-corrected chi connectivity index (χ2v) is 4.73. The van der Waals surface area contributed by atoms with Crippen LogP contribution in [0.25, 0.3) is 0 Å². The topological polar surface area (TPSA) is 41.6 Å². The van der Waals surface area contributed by atoms with E-state index in [0.717, 1.165) is 26.3 Å². The van der Waals surface area contributed by atoms with Gasteiger partial charge in [0.1, 0.15) is 0 Å². The van der Waals surface area contributed by atoms with Crippen molar-refractivity contribution in [3.63, 3.8) is 0 Å². The van der Waals surface area contributed by atoms with Gasteiger partial charge in [-0.05, 0) is 5.56 Å². The van der Waals surface area contributed by atoms with Crippen LogP contribution >= 0.6 is 0 Å². The second kappa shape index (κ2) is 7.26. The number of nitrogens with one attached hydrogen (secondary N) is 1. The third kappa shape index (κ3) is 4.04. The average Bonchev–Trinajstić information content (AvgIpc) is 2.49. The third-order valence-corrected chi connectivity index (χ3v) is 3.48. The molecule has 4 heteroatoms. The van der Waals surface area contributed by atoms with Crippen molar-refractivity contribution in [2.45, 2.75) is 19.4 Å². The molecule has 0 bridgehead atoms. The molecule has 19 heavy (non-hydrogen) atoms. The largest absolute Gasteiger partial charge is 0.379 e. The summed E-state index contributed by atoms with van der Waals surface area (Å²) in [5.74, 6) is 0.106. The molecule has 0 aliphatic carbocycles. The minimum absolute atomic E-state index is 0.106. The molecule has 1 atom stereocenters. The summed E-state index contributed by atoms with van der Waals surface area (Å²) in [5, 5.41) is 3.01. The van der Waals surface area contributed by atoms with E-state index in [2.05, 4.69) is 22.3 Å². The fourth-order valence-corrected chi connectivity index (χ4v) is 2.36. The van der Waals surface area contributed by atoms with Crippen LogP contribution in [0.15, 0.2) is 30.3 Å². The molecule has 4 nitrogen and oxygen atoms in total. The van der Waals surface area contributed by atoms with Crippen LogP contribution in [-0.2, 0) is 9.53 Å². The number of rotatable bonds is 5. The minimum atomic E-state index is 0.106. The molecule has 1 unspecified atom stereocenters. The van der Waals surface area contributed by atoms with Crippen molar-refractivity contribution >= 4 is 5.91 Å². The maximum atomic E-state index is 11.5. The smallest absolute Gasteiger partial charge is 0.219 e. The Labute approximate surface area is 114 Å². The highest BCUT2D eigenvalue weighted by atomic mass is 16.5. The van der Waals surface area contributed by atoms with E-state index in [4.69, 9.17) is 4.74 Å². The number of morpholine rings is 1. The van der Waals surface area contributed by atoms with Crippen molar-refractivity contribution in [1.82, 2.24) is 10.2 Å². The molecule has 104 valence electrons. The van der Waals surface area contributed by atoms with Crippen LogP contribution in [0.1, 0.15) is 24.9 Å². The second-order valence-electron chi connectivity index (χ2n) is 4.73. The van der Waals surface area contributed by atoms with E-state index < -0.39 is 0 Å². The Balaban J connectivity index is 2.06. The summed E-state index contributed by atoms with van der Waals surface area (Å²) in [6.45, 7) is 5.91. The molecule has 1 fully saturated rings. The van der Waals surface area contributed by atoms with Crippen molar-refractivity contribution < 1.29 is 9.53 Å². The molecule has 1 saturated heterocycles. The lowest BCUT2D eigenvalue weighted by atomic mass is 10.0. The van der Waals surface area contributed by atoms with Gasteiger partial charge in [0.25, 0.3) is 0 Å². The molecule has 2 rings (SSSR count). The normalized spacial score (nSPS) is 17.9. The molecule has 1 aromatic carbocycles. The van der Waals surface area contributed by atoms with E-state index in [0.29, 0.717) is 13.0 Å². The van der Waals surface area contributed by atoms with Gasteiger partial charge >= 0.3 is 0 Å². The fourth-order valence-electron chi connectivity index (χ4n) is 2.36. The van der Waals surface area contributed by atoms with Gasteiger partial charge in [0.2, 0.25) is 5.91 Å². The Bertz CT molecular complexity index is 388. The van der Waals surface area contributed by atoms with Crippen molar-refractivity contribution in [3.8, 4) is 0 Å². The van der Waals surface area contributed by atoms with Crippen LogP contribution < -0.4 is 5.32 Å². The van der Waals surface area contributed by atoms with Crippen molar-refractivity contribution in [2.24, 2.45) is 0 Å². The number of hydrogen-bond acceptors (Lipinski definition) is 3. The van der Waals surface area contributed by atoms with Crippen LogP contribution in [0.4, 0.5) is 0 Å². The Kier molecular flexibility index (Phi) is 5.36. The van der Waals surface area contributed by atoms with E-state index in [1.807, 2.05) is 25.1 Å². The third-order valence-electron chi connectivity index (χ3n) is 3.48. The average molecular weight is 262 g/mol. The molecule has 0 spiro atoms. The summed E-state index contributed by atoms with van der Waals surface area (Å²) in [6.07, 6.45) is 0.532. The van der Waals surface area contributed by atoms with E-state index in [9.17, 15) is 4.79 Å². The first-order valence-corrected chi connectivity index (χ1v) is 6.94. The van der Waals surface area contributed by atoms with E-state index in [1.165, 1.54) is 5.56 Å². The molecule has 1 amide bonds. The zero-order valence-electron chi connectivity index (χ0n) is 11.5. The molecule has 1 aromatic rings. The molecule has 1 N–H and O–H groups in total. The minimum Gasteiger partial charge on any atom is -0.379 e. The number of hydrogen-bond donors (Lipinski definition) is 1. The number of carbonyl (C=O) groups is 1. The van der Waals surface area contributed by atoms with Gasteiger partial charge in [0, 0.05) is 26.1 Å². The van der Waals surface area contributed by atoms with Gasteiger partial charge in [-0.1, -0.05) is 37.3 Å². The maximum absolute atomic E-state index is 11.5. The van der Waals surface area contributed by atoms with Crippen LogP contribution in [0.5, 0.6) is 0 Å².